The first-order valence-corrected chi connectivity index (χ1v) is 6.65. The van der Waals surface area contributed by atoms with Crippen LogP contribution in [0.25, 0.3) is 5.52 Å². The molecular formula is C13H13ClN3O. The standard InChI is InChI=1S/C13H13ClN3O/c14-11-8-17-10(4-7-15-17)12(16-11)18-13(5-1-6-13)9-2-3-9/h1,4,7-9H,2-3,5-6H2. The molecule has 2 aromatic rings. The Hall–Kier alpha value is -1.29. The Morgan fingerprint density at radius 3 is 2.89 bits per heavy atom. The maximum absolute atomic E-state index is 6.23. The van der Waals surface area contributed by atoms with Gasteiger partial charge in [-0.1, -0.05) is 11.6 Å². The Kier molecular flexibility index (Phi) is 2.13. The van der Waals surface area contributed by atoms with Crippen molar-refractivity contribution in [1.29, 1.82) is 0 Å². The molecule has 2 heterocycles. The molecule has 93 valence electrons. The van der Waals surface area contributed by atoms with E-state index in [1.807, 2.05) is 6.07 Å². The molecule has 0 atom stereocenters. The van der Waals surface area contributed by atoms with Gasteiger partial charge in [0.15, 0.2) is 5.15 Å². The Labute approximate surface area is 110 Å². The maximum atomic E-state index is 6.23. The summed E-state index contributed by atoms with van der Waals surface area (Å²) in [6.07, 6.45) is 10.3. The Morgan fingerprint density at radius 2 is 2.22 bits per heavy atom. The molecule has 0 saturated heterocycles. The SMILES string of the molecule is Clc1cn2nccc2c(OC2(C3CC3)C[CH]C2)n1. The second-order valence-corrected chi connectivity index (χ2v) is 5.56. The highest BCUT2D eigenvalue weighted by Gasteiger charge is 2.52. The molecule has 0 amide bonds. The summed E-state index contributed by atoms with van der Waals surface area (Å²) in [5.41, 5.74) is 0.856. The van der Waals surface area contributed by atoms with Crippen LogP contribution in [0.4, 0.5) is 0 Å². The van der Waals surface area contributed by atoms with Gasteiger partial charge >= 0.3 is 0 Å². The summed E-state index contributed by atoms with van der Waals surface area (Å²) in [5, 5.41) is 4.59. The number of ether oxygens (including phenoxy) is 1. The molecule has 4 rings (SSSR count). The smallest absolute Gasteiger partial charge is 0.242 e. The molecular weight excluding hydrogens is 250 g/mol. The summed E-state index contributed by atoms with van der Waals surface area (Å²) < 4.78 is 7.94. The van der Waals surface area contributed by atoms with Gasteiger partial charge in [0.2, 0.25) is 5.88 Å². The van der Waals surface area contributed by atoms with Gasteiger partial charge in [0.25, 0.3) is 0 Å². The van der Waals surface area contributed by atoms with Crippen molar-refractivity contribution in [3.63, 3.8) is 0 Å². The summed E-state index contributed by atoms with van der Waals surface area (Å²) in [4.78, 5) is 4.32. The topological polar surface area (TPSA) is 39.4 Å². The fourth-order valence-corrected chi connectivity index (χ4v) is 2.85. The monoisotopic (exact) mass is 262 g/mol. The third-order valence-electron chi connectivity index (χ3n) is 3.93. The molecule has 2 aliphatic rings. The van der Waals surface area contributed by atoms with Gasteiger partial charge in [0.1, 0.15) is 11.1 Å². The predicted octanol–water partition coefficient (Wildman–Crippen LogP) is 2.91. The van der Waals surface area contributed by atoms with E-state index in [1.165, 1.54) is 12.8 Å². The third-order valence-corrected chi connectivity index (χ3v) is 4.11. The molecule has 2 aromatic heterocycles. The number of rotatable bonds is 3. The highest BCUT2D eigenvalue weighted by molar-refractivity contribution is 6.29. The molecule has 0 spiro atoms. The quantitative estimate of drug-likeness (QED) is 0.854. The van der Waals surface area contributed by atoms with Crippen molar-refractivity contribution in [3.05, 3.63) is 30.0 Å². The van der Waals surface area contributed by atoms with E-state index < -0.39 is 0 Å². The fourth-order valence-electron chi connectivity index (χ4n) is 2.68. The molecule has 2 saturated carbocycles. The average Bonchev–Trinajstić information content (AvgIpc) is 3.02. The lowest BCUT2D eigenvalue weighted by atomic mass is 9.76. The van der Waals surface area contributed by atoms with Crippen LogP contribution in [0.2, 0.25) is 5.15 Å². The minimum Gasteiger partial charge on any atom is -0.469 e. The van der Waals surface area contributed by atoms with E-state index >= 15 is 0 Å². The van der Waals surface area contributed by atoms with Crippen molar-refractivity contribution >= 4 is 17.1 Å². The lowest BCUT2D eigenvalue weighted by molar-refractivity contribution is 0.00145. The maximum Gasteiger partial charge on any atom is 0.242 e. The molecule has 0 aliphatic heterocycles. The minimum absolute atomic E-state index is 0.0254. The fraction of sp³-hybridized carbons (Fsp3) is 0.462. The van der Waals surface area contributed by atoms with E-state index in [-0.39, 0.29) is 5.60 Å². The largest absolute Gasteiger partial charge is 0.469 e. The summed E-state index contributed by atoms with van der Waals surface area (Å²) in [5.74, 6) is 1.30. The van der Waals surface area contributed by atoms with Gasteiger partial charge < -0.3 is 4.74 Å². The molecule has 1 radical (unpaired) electrons. The third kappa shape index (κ3) is 1.52. The first kappa shape index (κ1) is 10.6. The van der Waals surface area contributed by atoms with Crippen LogP contribution in [-0.2, 0) is 0 Å². The van der Waals surface area contributed by atoms with E-state index in [4.69, 9.17) is 16.3 Å². The van der Waals surface area contributed by atoms with Crippen molar-refractivity contribution in [2.24, 2.45) is 5.92 Å². The van der Waals surface area contributed by atoms with E-state index in [9.17, 15) is 0 Å². The van der Waals surface area contributed by atoms with Gasteiger partial charge in [0, 0.05) is 0 Å². The van der Waals surface area contributed by atoms with Crippen LogP contribution in [0.5, 0.6) is 5.88 Å². The van der Waals surface area contributed by atoms with Crippen LogP contribution in [0.3, 0.4) is 0 Å². The van der Waals surface area contributed by atoms with Gasteiger partial charge in [-0.15, -0.1) is 0 Å². The van der Waals surface area contributed by atoms with Crippen molar-refractivity contribution < 1.29 is 4.74 Å². The van der Waals surface area contributed by atoms with Gasteiger partial charge in [-0.05, 0) is 44.1 Å². The Balaban J connectivity index is 1.75. The van der Waals surface area contributed by atoms with Gasteiger partial charge in [-0.25, -0.2) is 4.52 Å². The van der Waals surface area contributed by atoms with Crippen molar-refractivity contribution in [2.45, 2.75) is 31.3 Å². The summed E-state index contributed by atoms with van der Waals surface area (Å²) in [6.45, 7) is 0. The second-order valence-electron chi connectivity index (χ2n) is 5.17. The zero-order valence-corrected chi connectivity index (χ0v) is 10.6. The van der Waals surface area contributed by atoms with Crippen LogP contribution in [0, 0.1) is 12.3 Å². The van der Waals surface area contributed by atoms with E-state index in [0.29, 0.717) is 17.0 Å². The first-order chi connectivity index (χ1) is 8.77. The number of halogens is 1. The molecule has 2 aliphatic carbocycles. The molecule has 4 nitrogen and oxygen atoms in total. The second kappa shape index (κ2) is 3.60. The van der Waals surface area contributed by atoms with Gasteiger partial charge in [0.05, 0.1) is 12.4 Å². The van der Waals surface area contributed by atoms with E-state index in [2.05, 4.69) is 16.5 Å². The number of hydrogen-bond acceptors (Lipinski definition) is 3. The zero-order chi connectivity index (χ0) is 12.2. The number of aromatic nitrogens is 3. The van der Waals surface area contributed by atoms with E-state index in [0.717, 1.165) is 18.4 Å². The van der Waals surface area contributed by atoms with Crippen molar-refractivity contribution in [2.75, 3.05) is 0 Å². The number of fused-ring (bicyclic) bond motifs is 1. The summed E-state index contributed by atoms with van der Waals surface area (Å²) in [7, 11) is 0. The van der Waals surface area contributed by atoms with E-state index in [1.54, 1.807) is 16.9 Å². The molecule has 5 heteroatoms. The Morgan fingerprint density at radius 1 is 1.39 bits per heavy atom. The average molecular weight is 263 g/mol. The molecule has 0 aromatic carbocycles. The normalized spacial score (nSPS) is 21.8. The van der Waals surface area contributed by atoms with Crippen molar-refractivity contribution in [1.82, 2.24) is 14.6 Å². The molecule has 2 fully saturated rings. The number of nitrogens with zero attached hydrogens (tertiary/aromatic N) is 3. The highest BCUT2D eigenvalue weighted by atomic mass is 35.5. The lowest BCUT2D eigenvalue weighted by Crippen LogP contribution is -2.46. The van der Waals surface area contributed by atoms with Crippen LogP contribution >= 0.6 is 11.6 Å². The first-order valence-electron chi connectivity index (χ1n) is 6.27. The summed E-state index contributed by atoms with van der Waals surface area (Å²) in [6, 6.07) is 1.90. The lowest BCUT2D eigenvalue weighted by Gasteiger charge is -2.41. The van der Waals surface area contributed by atoms with Crippen molar-refractivity contribution in [3.8, 4) is 5.88 Å². The minimum atomic E-state index is -0.0254. The van der Waals surface area contributed by atoms with Crippen LogP contribution < -0.4 is 4.74 Å². The van der Waals surface area contributed by atoms with Crippen LogP contribution in [-0.4, -0.2) is 20.2 Å². The molecule has 0 bridgehead atoms. The number of hydrogen-bond donors (Lipinski definition) is 0. The predicted molar refractivity (Wildman–Crippen MR) is 67.6 cm³/mol. The zero-order valence-electron chi connectivity index (χ0n) is 9.84. The van der Waals surface area contributed by atoms with Crippen LogP contribution in [0.1, 0.15) is 25.7 Å². The molecule has 0 unspecified atom stereocenters. The Bertz CT molecular complexity index is 601. The van der Waals surface area contributed by atoms with Crippen LogP contribution in [0.15, 0.2) is 18.5 Å². The summed E-state index contributed by atoms with van der Waals surface area (Å²) >= 11 is 6.01. The molecule has 18 heavy (non-hydrogen) atoms. The highest BCUT2D eigenvalue weighted by Crippen LogP contribution is 2.52. The van der Waals surface area contributed by atoms with Gasteiger partial charge in [-0.2, -0.15) is 10.1 Å². The van der Waals surface area contributed by atoms with Gasteiger partial charge in [-0.3, -0.25) is 0 Å². The molecule has 0 N–H and O–H groups in total.